The molecule has 1 aliphatic rings. The summed E-state index contributed by atoms with van der Waals surface area (Å²) in [4.78, 5) is 36.3. The van der Waals surface area contributed by atoms with Crippen LogP contribution in [0.5, 0.6) is 5.75 Å². The molecule has 1 saturated heterocycles. The Kier molecular flexibility index (Phi) is 20.7. The third-order valence-electron chi connectivity index (χ3n) is 7.35. The van der Waals surface area contributed by atoms with E-state index in [-0.39, 0.29) is 21.4 Å². The number of ether oxygens (including phenoxy) is 1. The summed E-state index contributed by atoms with van der Waals surface area (Å²) in [6.45, 7) is 5.42. The minimum absolute atomic E-state index is 0. The molecule has 62 heavy (non-hydrogen) atoms. The molecule has 0 aliphatic carbocycles. The van der Waals surface area contributed by atoms with Crippen molar-refractivity contribution in [3.05, 3.63) is 74.6 Å². The van der Waals surface area contributed by atoms with Crippen molar-refractivity contribution < 1.29 is 25.5 Å². The van der Waals surface area contributed by atoms with Crippen molar-refractivity contribution in [3.63, 3.8) is 0 Å². The molecular weight excluding hydrogens is 789 g/mol. The van der Waals surface area contributed by atoms with E-state index in [1.807, 2.05) is 30.5 Å². The molecule has 4 heterocycles. The summed E-state index contributed by atoms with van der Waals surface area (Å²) >= 11 is 0. The lowest BCUT2D eigenvalue weighted by atomic mass is 10.2. The molecule has 1 aliphatic heterocycles. The normalized spacial score (nSPS) is 10.7. The van der Waals surface area contributed by atoms with Crippen LogP contribution in [0.25, 0.3) is 16.7 Å². The summed E-state index contributed by atoms with van der Waals surface area (Å²) in [7, 11) is 3.79. The van der Waals surface area contributed by atoms with Gasteiger partial charge in [0.1, 0.15) is 22.9 Å². The third kappa shape index (κ3) is 17.1. The molecule has 0 spiro atoms. The molecule has 0 atom stereocenters. The number of aromatic nitrogens is 5. The first-order valence-corrected chi connectivity index (χ1v) is 17.4. The van der Waals surface area contributed by atoms with Crippen LogP contribution in [0.1, 0.15) is 26.8 Å². The fourth-order valence-electron chi connectivity index (χ4n) is 4.73. The predicted molar refractivity (Wildman–Crippen MR) is 252 cm³/mol. The summed E-state index contributed by atoms with van der Waals surface area (Å²) in [6, 6.07) is 9.76. The number of nitrogens with one attached hydrogen (secondary N) is 1. The van der Waals surface area contributed by atoms with E-state index in [1.54, 1.807) is 11.7 Å². The van der Waals surface area contributed by atoms with Crippen molar-refractivity contribution in [2.24, 2.45) is 26.7 Å². The molecule has 1 fully saturated rings. The van der Waals surface area contributed by atoms with Crippen molar-refractivity contribution in [3.8, 4) is 137 Å². The van der Waals surface area contributed by atoms with Crippen LogP contribution >= 0.6 is 0 Å². The zero-order chi connectivity index (χ0) is 44.6. The Balaban J connectivity index is -0.000000125. The first-order valence-electron chi connectivity index (χ1n) is 17.4. The number of hydrazine groups is 1. The molecule has 18 heteroatoms. The SMILES string of the molecule is C#CC#CC#CC#CC#CC#CC#CC#CC#CC#CC#C.COc1ccc(Cn2c(=O)n3ncnc3c3cc(CN4CCN(C)CC4)cnc32)cc1.NN=NN=NN[N+](=O)[O-].[HH].[HH].[HH].[HH].[HH].[HH].[HH].[HH].[HH].[HH].[HH]. The van der Waals surface area contributed by atoms with Gasteiger partial charge in [-0.3, -0.25) is 9.47 Å². The second-order valence-electron chi connectivity index (χ2n) is 11.3. The smallest absolute Gasteiger partial charge is 0.352 e. The maximum Gasteiger partial charge on any atom is 0.352 e. The molecule has 322 valence electrons. The Morgan fingerprint density at radius 2 is 1.32 bits per heavy atom. The lowest BCUT2D eigenvalue weighted by Gasteiger charge is -2.32. The zero-order valence-electron chi connectivity index (χ0n) is 33.0. The van der Waals surface area contributed by atoms with E-state index in [0.717, 1.165) is 55.0 Å². The van der Waals surface area contributed by atoms with Crippen molar-refractivity contribution in [2.45, 2.75) is 13.1 Å². The summed E-state index contributed by atoms with van der Waals surface area (Å²) in [5.41, 5.74) is 4.34. The highest BCUT2D eigenvalue weighted by atomic mass is 16.7. The molecule has 3 aromatic heterocycles. The number of piperazine rings is 1. The third-order valence-corrected chi connectivity index (χ3v) is 7.35. The maximum absolute atomic E-state index is 13.1. The zero-order valence-corrected chi connectivity index (χ0v) is 33.0. The van der Waals surface area contributed by atoms with E-state index in [2.05, 4.69) is 178 Å². The molecule has 0 amide bonds. The van der Waals surface area contributed by atoms with Gasteiger partial charge in [0.2, 0.25) is 0 Å². The van der Waals surface area contributed by atoms with Crippen LogP contribution in [-0.2, 0) is 13.1 Å². The number of terminal acetylenes is 2. The lowest BCUT2D eigenvalue weighted by Crippen LogP contribution is -2.43. The molecule has 0 unspecified atom stereocenters. The lowest BCUT2D eigenvalue weighted by molar-refractivity contribution is -0.546. The monoisotopic (exact) mass is 840 g/mol. The quantitative estimate of drug-likeness (QED) is 0.0861. The molecule has 0 radical (unpaired) electrons. The van der Waals surface area contributed by atoms with Crippen molar-refractivity contribution >= 4 is 16.7 Å². The Bertz CT molecular complexity index is 3010. The maximum atomic E-state index is 13.1. The summed E-state index contributed by atoms with van der Waals surface area (Å²) in [6.07, 6.45) is 13.1. The van der Waals surface area contributed by atoms with Crippen LogP contribution in [-0.4, -0.2) is 79.3 Å². The van der Waals surface area contributed by atoms with Gasteiger partial charge in [-0.05, 0) is 131 Å². The number of hydrogen-bond donors (Lipinski definition) is 2. The number of fused-ring (bicyclic) bond motifs is 3. The highest BCUT2D eigenvalue weighted by molar-refractivity contribution is 5.89. The van der Waals surface area contributed by atoms with Crippen LogP contribution in [0.2, 0.25) is 0 Å². The average molecular weight is 841 g/mol. The minimum Gasteiger partial charge on any atom is -0.497 e. The van der Waals surface area contributed by atoms with Gasteiger partial charge >= 0.3 is 5.69 Å². The Morgan fingerprint density at radius 1 is 0.790 bits per heavy atom. The molecular formula is C44H52N14O4. The van der Waals surface area contributed by atoms with Gasteiger partial charge in [0.25, 0.3) is 0 Å². The molecule has 5 rings (SSSR count). The second kappa shape index (κ2) is 27.6. The molecule has 18 nitrogen and oxygen atoms in total. The topological polar surface area (TPSA) is 211 Å². The Morgan fingerprint density at radius 3 is 1.81 bits per heavy atom. The van der Waals surface area contributed by atoms with Gasteiger partial charge in [0, 0.05) is 89.1 Å². The summed E-state index contributed by atoms with van der Waals surface area (Å²) < 4.78 is 8.24. The Labute approximate surface area is 373 Å². The number of likely N-dealkylation sites (N-methyl/N-ethyl adjacent to an activating group) is 1. The van der Waals surface area contributed by atoms with Crippen molar-refractivity contribution in [1.29, 1.82) is 0 Å². The number of rotatable bonds is 8. The standard InChI is InChI=1S/C22H25N7O2.C22H2.H3N7O2.11H2/c1-26-7-9-27(10-8-26)13-17-11-19-20(23-12-17)28(22(30)29-21(19)24-15-25-29)14-16-3-5-18(31-2)6-4-16;1-3-5-7-9-11-13-15-17-19-21-22-20-18-16-14-12-10-8-6-4-2;1-2-3-4-5-6-7(8)9;;;;;;;;;;;/h3-6,11-12,15H,7-10,13-14H2,1-2H3;1-2H;(H2,1,3,5)(H,2,4,6);11*1H. The van der Waals surface area contributed by atoms with Gasteiger partial charge in [0.15, 0.2) is 10.9 Å². The number of hydrogen-bond acceptors (Lipinski definition) is 11. The van der Waals surface area contributed by atoms with Gasteiger partial charge in [-0.2, -0.15) is 9.61 Å². The molecule has 3 N–H and O–H groups in total. The number of nitrogens with zero attached hydrogens (tertiary/aromatic N) is 12. The summed E-state index contributed by atoms with van der Waals surface area (Å²) in [5.74, 6) is 53.4. The molecule has 1 aromatic carbocycles. The van der Waals surface area contributed by atoms with Crippen LogP contribution in [0.3, 0.4) is 0 Å². The Hall–Kier alpha value is -9.94. The van der Waals surface area contributed by atoms with Gasteiger partial charge in [-0.15, -0.1) is 12.8 Å². The number of benzene rings is 1. The first-order chi connectivity index (χ1) is 30.3. The van der Waals surface area contributed by atoms with E-state index in [9.17, 15) is 14.9 Å². The van der Waals surface area contributed by atoms with Crippen LogP contribution < -0.4 is 21.8 Å². The van der Waals surface area contributed by atoms with Gasteiger partial charge in [0.05, 0.1) is 24.1 Å². The van der Waals surface area contributed by atoms with E-state index < -0.39 is 5.03 Å². The highest BCUT2D eigenvalue weighted by Gasteiger charge is 2.17. The highest BCUT2D eigenvalue weighted by Crippen LogP contribution is 2.19. The van der Waals surface area contributed by atoms with E-state index in [4.69, 9.17) is 22.6 Å². The van der Waals surface area contributed by atoms with E-state index >= 15 is 0 Å². The second-order valence-corrected chi connectivity index (χ2v) is 11.3. The van der Waals surface area contributed by atoms with E-state index in [0.29, 0.717) is 17.8 Å². The number of nitrogens with two attached hydrogens (primary N) is 1. The first kappa shape index (κ1) is 46.4. The van der Waals surface area contributed by atoms with Crippen LogP contribution in [0.15, 0.2) is 68.5 Å². The molecule has 0 bridgehead atoms. The van der Waals surface area contributed by atoms with Gasteiger partial charge in [-0.1, -0.05) is 17.4 Å². The number of methoxy groups -OCH3 is 1. The van der Waals surface area contributed by atoms with Crippen LogP contribution in [0, 0.1) is 141 Å². The average Bonchev–Trinajstić information content (AvgIpc) is 3.79. The van der Waals surface area contributed by atoms with Gasteiger partial charge < -0.3 is 25.6 Å². The number of nitro groups is 1. The molecule has 4 aromatic rings. The minimum atomic E-state index is -0.907. The summed E-state index contributed by atoms with van der Waals surface area (Å²) in [5, 5.41) is 24.3. The van der Waals surface area contributed by atoms with Crippen molar-refractivity contribution in [1.82, 2.24) is 39.5 Å². The van der Waals surface area contributed by atoms with Crippen molar-refractivity contribution in [2.75, 3.05) is 40.3 Å². The van der Waals surface area contributed by atoms with Gasteiger partial charge in [-0.25, -0.2) is 14.8 Å². The predicted octanol–water partition coefficient (Wildman–Crippen LogP) is 3.61. The molecule has 0 saturated carbocycles. The fourth-order valence-corrected chi connectivity index (χ4v) is 4.73. The van der Waals surface area contributed by atoms with E-state index in [1.165, 1.54) is 16.4 Å². The van der Waals surface area contributed by atoms with Crippen LogP contribution in [0.4, 0.5) is 0 Å². The fraction of sp³-hybridized carbons (Fsp3) is 0.182. The largest absolute Gasteiger partial charge is 0.497 e. The number of pyridine rings is 1.